The van der Waals surface area contributed by atoms with Crippen LogP contribution in [0.1, 0.15) is 0 Å². The zero-order valence-corrected chi connectivity index (χ0v) is 7.01. The molecule has 5 nitrogen and oxygen atoms in total. The van der Waals surface area contributed by atoms with Gasteiger partial charge in [0, 0.05) is 0 Å². The summed E-state index contributed by atoms with van der Waals surface area (Å²) in [4.78, 5) is 11.2. The average Bonchev–Trinajstić information content (AvgIpc) is 2.87. The topological polar surface area (TPSA) is 79.3 Å². The molecule has 13 heavy (non-hydrogen) atoms. The van der Waals surface area contributed by atoms with E-state index in [4.69, 9.17) is 4.74 Å². The summed E-state index contributed by atoms with van der Waals surface area (Å²) in [6, 6.07) is 0. The van der Waals surface area contributed by atoms with Crippen molar-refractivity contribution in [2.24, 2.45) is 0 Å². The fourth-order valence-electron chi connectivity index (χ4n) is 1.56. The Labute approximate surface area is 74.6 Å². The highest BCUT2D eigenvalue weighted by Crippen LogP contribution is 2.45. The van der Waals surface area contributed by atoms with Crippen molar-refractivity contribution in [2.45, 2.75) is 23.9 Å². The van der Waals surface area contributed by atoms with Crippen molar-refractivity contribution in [3.05, 3.63) is 12.2 Å². The van der Waals surface area contributed by atoms with E-state index in [1.807, 2.05) is 0 Å². The number of methoxy groups -OCH3 is 1. The number of carbonyl (C=O) groups is 1. The third kappa shape index (κ3) is 1.01. The van der Waals surface area contributed by atoms with Crippen LogP contribution in [-0.4, -0.2) is 47.2 Å². The lowest BCUT2D eigenvalue weighted by Gasteiger charge is -2.18. The quantitative estimate of drug-likeness (QED) is 0.299. The minimum Gasteiger partial charge on any atom is -0.467 e. The fourth-order valence-corrected chi connectivity index (χ4v) is 1.56. The average molecular weight is 186 g/mol. The van der Waals surface area contributed by atoms with E-state index in [0.717, 1.165) is 0 Å². The van der Waals surface area contributed by atoms with Crippen LogP contribution in [0.25, 0.3) is 0 Å². The number of aliphatic hydroxyl groups excluding tert-OH is 2. The molecule has 2 aliphatic rings. The van der Waals surface area contributed by atoms with E-state index in [1.54, 1.807) is 0 Å². The summed E-state index contributed by atoms with van der Waals surface area (Å²) < 4.78 is 9.54. The minimum absolute atomic E-state index is 0.542. The number of epoxide rings is 1. The largest absolute Gasteiger partial charge is 0.467 e. The molecule has 0 aromatic carbocycles. The molecule has 1 saturated heterocycles. The van der Waals surface area contributed by atoms with Crippen molar-refractivity contribution < 1.29 is 24.5 Å². The zero-order valence-electron chi connectivity index (χ0n) is 7.01. The number of esters is 1. The molecular weight excluding hydrogens is 176 g/mol. The van der Waals surface area contributed by atoms with Gasteiger partial charge in [0.05, 0.1) is 7.11 Å². The molecule has 1 aliphatic heterocycles. The highest BCUT2D eigenvalue weighted by molar-refractivity contribution is 5.86. The summed E-state index contributed by atoms with van der Waals surface area (Å²) >= 11 is 0. The lowest BCUT2D eigenvalue weighted by molar-refractivity contribution is -0.145. The fraction of sp³-hybridized carbons (Fsp3) is 0.625. The van der Waals surface area contributed by atoms with Gasteiger partial charge in [-0.15, -0.1) is 0 Å². The van der Waals surface area contributed by atoms with E-state index < -0.39 is 29.9 Å². The van der Waals surface area contributed by atoms with Crippen molar-refractivity contribution in [3.8, 4) is 0 Å². The zero-order chi connectivity index (χ0) is 9.64. The number of fused-ring (bicyclic) bond motifs is 1. The summed E-state index contributed by atoms with van der Waals surface area (Å²) in [6.45, 7) is 0. The third-order valence-corrected chi connectivity index (χ3v) is 2.39. The summed E-state index contributed by atoms with van der Waals surface area (Å²) in [5, 5.41) is 18.5. The van der Waals surface area contributed by atoms with Crippen molar-refractivity contribution in [2.75, 3.05) is 7.11 Å². The van der Waals surface area contributed by atoms with Crippen LogP contribution in [0.15, 0.2) is 12.2 Å². The number of rotatable bonds is 1. The van der Waals surface area contributed by atoms with E-state index in [9.17, 15) is 15.0 Å². The summed E-state index contributed by atoms with van der Waals surface area (Å²) in [6.07, 6.45) is 0.0840. The van der Waals surface area contributed by atoms with E-state index in [2.05, 4.69) is 4.74 Å². The van der Waals surface area contributed by atoms with Crippen LogP contribution in [0.3, 0.4) is 0 Å². The Hall–Kier alpha value is -0.910. The maximum atomic E-state index is 11.2. The van der Waals surface area contributed by atoms with Gasteiger partial charge in [0.25, 0.3) is 0 Å². The van der Waals surface area contributed by atoms with E-state index in [1.165, 1.54) is 19.3 Å². The Morgan fingerprint density at radius 1 is 1.62 bits per heavy atom. The Morgan fingerprint density at radius 3 is 2.92 bits per heavy atom. The molecule has 0 unspecified atom stereocenters. The highest BCUT2D eigenvalue weighted by Gasteiger charge is 2.67. The summed E-state index contributed by atoms with van der Waals surface area (Å²) in [7, 11) is 1.25. The molecule has 5 heteroatoms. The van der Waals surface area contributed by atoms with Crippen molar-refractivity contribution >= 4 is 5.97 Å². The molecule has 4 atom stereocenters. The smallest absolute Gasteiger partial charge is 0.345 e. The first-order valence-electron chi connectivity index (χ1n) is 3.93. The van der Waals surface area contributed by atoms with Gasteiger partial charge in [-0.05, 0) is 6.08 Å². The number of aliphatic hydroxyl groups is 2. The number of carbonyl (C=O) groups excluding carboxylic acids is 1. The highest BCUT2D eigenvalue weighted by atomic mass is 16.7. The standard InChI is InChI=1S/C8H10O5/c1-12-7(11)8-3-2-4(9)5(10)6(8)13-8/h2-6,9-10H,1H3/t4-,5-,6-,8+/m1/s1. The lowest BCUT2D eigenvalue weighted by atomic mass is 9.92. The third-order valence-electron chi connectivity index (χ3n) is 2.39. The molecular formula is C8H10O5. The van der Waals surface area contributed by atoms with Gasteiger partial charge in [-0.1, -0.05) is 6.08 Å². The van der Waals surface area contributed by atoms with Gasteiger partial charge in [0.15, 0.2) is 0 Å². The second-order valence-corrected chi connectivity index (χ2v) is 3.16. The number of ether oxygens (including phenoxy) is 2. The normalized spacial score (nSPS) is 46.8. The summed E-state index contributed by atoms with van der Waals surface area (Å²) in [5.41, 5.74) is -1.15. The Balaban J connectivity index is 2.23. The predicted octanol–water partition coefficient (Wildman–Crippen LogP) is -1.41. The first-order valence-corrected chi connectivity index (χ1v) is 3.93. The summed E-state index contributed by atoms with van der Waals surface area (Å²) in [5.74, 6) is -0.542. The molecule has 1 heterocycles. The van der Waals surface area contributed by atoms with Crippen LogP contribution in [0.2, 0.25) is 0 Å². The molecule has 0 spiro atoms. The number of hydrogen-bond donors (Lipinski definition) is 2. The van der Waals surface area contributed by atoms with Gasteiger partial charge >= 0.3 is 5.97 Å². The number of hydrogen-bond acceptors (Lipinski definition) is 5. The lowest BCUT2D eigenvalue weighted by Crippen LogP contribution is -2.40. The van der Waals surface area contributed by atoms with Gasteiger partial charge in [-0.2, -0.15) is 0 Å². The molecule has 2 N–H and O–H groups in total. The van der Waals surface area contributed by atoms with Gasteiger partial charge in [-0.3, -0.25) is 0 Å². The maximum Gasteiger partial charge on any atom is 0.345 e. The molecule has 0 aromatic heterocycles. The van der Waals surface area contributed by atoms with Crippen molar-refractivity contribution in [3.63, 3.8) is 0 Å². The van der Waals surface area contributed by atoms with Crippen LogP contribution in [0.4, 0.5) is 0 Å². The van der Waals surface area contributed by atoms with Crippen LogP contribution in [-0.2, 0) is 14.3 Å². The van der Waals surface area contributed by atoms with Crippen LogP contribution in [0, 0.1) is 0 Å². The molecule has 0 bridgehead atoms. The minimum atomic E-state index is -1.15. The molecule has 1 fully saturated rings. The van der Waals surface area contributed by atoms with Gasteiger partial charge in [0.2, 0.25) is 5.60 Å². The monoisotopic (exact) mass is 186 g/mol. The van der Waals surface area contributed by atoms with Gasteiger partial charge in [-0.25, -0.2) is 4.79 Å². The van der Waals surface area contributed by atoms with Gasteiger partial charge in [0.1, 0.15) is 18.3 Å². The Morgan fingerprint density at radius 2 is 2.31 bits per heavy atom. The van der Waals surface area contributed by atoms with E-state index >= 15 is 0 Å². The van der Waals surface area contributed by atoms with E-state index in [0.29, 0.717) is 0 Å². The molecule has 0 amide bonds. The molecule has 2 rings (SSSR count). The van der Waals surface area contributed by atoms with Crippen LogP contribution >= 0.6 is 0 Å². The van der Waals surface area contributed by atoms with Crippen LogP contribution < -0.4 is 0 Å². The van der Waals surface area contributed by atoms with Crippen LogP contribution in [0.5, 0.6) is 0 Å². The van der Waals surface area contributed by atoms with Gasteiger partial charge < -0.3 is 19.7 Å². The van der Waals surface area contributed by atoms with E-state index in [-0.39, 0.29) is 0 Å². The maximum absolute atomic E-state index is 11.2. The second-order valence-electron chi connectivity index (χ2n) is 3.16. The molecule has 0 aromatic rings. The predicted molar refractivity (Wildman–Crippen MR) is 40.8 cm³/mol. The second kappa shape index (κ2) is 2.54. The molecule has 1 aliphatic carbocycles. The SMILES string of the molecule is COC(=O)[C@]12C=C[C@@H](O)[C@@H](O)[C@H]1O2. The first-order chi connectivity index (χ1) is 6.12. The van der Waals surface area contributed by atoms with Crippen molar-refractivity contribution in [1.29, 1.82) is 0 Å². The molecule has 0 saturated carbocycles. The Bertz CT molecular complexity index is 274. The molecule has 0 radical (unpaired) electrons. The Kier molecular flexibility index (Phi) is 1.69. The first kappa shape index (κ1) is 8.68. The van der Waals surface area contributed by atoms with Crippen molar-refractivity contribution in [1.82, 2.24) is 0 Å². The molecule has 72 valence electrons.